The lowest BCUT2D eigenvalue weighted by atomic mass is 10.0. The number of amides is 2. The molecule has 1 aromatic heterocycles. The Hall–Kier alpha value is -3.47. The molecule has 1 atom stereocenters. The summed E-state index contributed by atoms with van der Waals surface area (Å²) >= 11 is 0. The minimum Gasteiger partial charge on any atom is -0.364 e. The molecule has 0 aliphatic heterocycles. The molecule has 1 aliphatic rings. The molecular weight excluding hydrogens is 362 g/mol. The highest BCUT2D eigenvalue weighted by atomic mass is 16.2. The average Bonchev–Trinajstić information content (AvgIpc) is 3.15. The fourth-order valence-electron chi connectivity index (χ4n) is 4.07. The summed E-state index contributed by atoms with van der Waals surface area (Å²) in [4.78, 5) is 31.4. The van der Waals surface area contributed by atoms with Gasteiger partial charge in [-0.25, -0.2) is 0 Å². The van der Waals surface area contributed by atoms with E-state index in [-0.39, 0.29) is 24.2 Å². The largest absolute Gasteiger partial charge is 0.364 e. The van der Waals surface area contributed by atoms with Gasteiger partial charge < -0.3 is 10.6 Å². The molecule has 29 heavy (non-hydrogen) atoms. The number of nitrogens with two attached hydrogens (primary N) is 1. The maximum Gasteiger partial charge on any atom is 0.267 e. The summed E-state index contributed by atoms with van der Waals surface area (Å²) in [5.41, 5.74) is 10.6. The molecule has 0 fully saturated rings. The first-order valence-corrected chi connectivity index (χ1v) is 9.73. The molecule has 2 aromatic carbocycles. The lowest BCUT2D eigenvalue weighted by Gasteiger charge is -2.30. The van der Waals surface area contributed by atoms with Crippen LogP contribution in [0.25, 0.3) is 0 Å². The number of aromatic nitrogens is 1. The Labute approximate surface area is 170 Å². The molecule has 5 nitrogen and oxygen atoms in total. The second-order valence-electron chi connectivity index (χ2n) is 7.43. The topological polar surface area (TPSA) is 76.3 Å². The van der Waals surface area contributed by atoms with Crippen LogP contribution in [0.1, 0.15) is 55.6 Å². The predicted octanol–water partition coefficient (Wildman–Crippen LogP) is 3.82. The molecule has 0 saturated carbocycles. The fraction of sp³-hybridized carbons (Fsp3) is 0.208. The molecule has 4 rings (SSSR count). The number of carbonyl (C=O) groups is 2. The third-order valence-corrected chi connectivity index (χ3v) is 5.47. The van der Waals surface area contributed by atoms with Gasteiger partial charge in [-0.05, 0) is 49.1 Å². The second-order valence-corrected chi connectivity index (χ2v) is 7.43. The van der Waals surface area contributed by atoms with Crippen molar-refractivity contribution in [3.8, 4) is 0 Å². The van der Waals surface area contributed by atoms with Crippen LogP contribution < -0.4 is 5.73 Å². The summed E-state index contributed by atoms with van der Waals surface area (Å²) in [5, 5.41) is 0. The van der Waals surface area contributed by atoms with Gasteiger partial charge in [-0.3, -0.25) is 14.6 Å². The minimum absolute atomic E-state index is 0.0569. The number of pyridine rings is 1. The van der Waals surface area contributed by atoms with E-state index in [9.17, 15) is 9.59 Å². The summed E-state index contributed by atoms with van der Waals surface area (Å²) < 4.78 is 0. The van der Waals surface area contributed by atoms with Gasteiger partial charge in [0.25, 0.3) is 11.8 Å². The van der Waals surface area contributed by atoms with E-state index in [0.717, 1.165) is 12.8 Å². The SMILES string of the molecule is Cc1ccc2c(c1)[C@H](N(Cc1cccnc1C(N)=O)C(=O)c1ccccc1)CC2. The van der Waals surface area contributed by atoms with Crippen LogP contribution in [0.2, 0.25) is 0 Å². The van der Waals surface area contributed by atoms with E-state index in [4.69, 9.17) is 5.73 Å². The first-order chi connectivity index (χ1) is 14.0. The number of hydrogen-bond acceptors (Lipinski definition) is 3. The zero-order valence-corrected chi connectivity index (χ0v) is 16.3. The highest BCUT2D eigenvalue weighted by Crippen LogP contribution is 2.38. The number of rotatable bonds is 5. The quantitative estimate of drug-likeness (QED) is 0.725. The van der Waals surface area contributed by atoms with E-state index >= 15 is 0 Å². The van der Waals surface area contributed by atoms with Crippen molar-refractivity contribution in [1.82, 2.24) is 9.88 Å². The van der Waals surface area contributed by atoms with Gasteiger partial charge in [0.2, 0.25) is 0 Å². The fourth-order valence-corrected chi connectivity index (χ4v) is 4.07. The molecule has 2 N–H and O–H groups in total. The number of carbonyl (C=O) groups excluding carboxylic acids is 2. The molecule has 0 bridgehead atoms. The standard InChI is InChI=1S/C24H23N3O2/c1-16-9-10-17-11-12-21(20(17)14-16)27(24(29)18-6-3-2-4-7-18)15-19-8-5-13-26-22(19)23(25)28/h2-10,13-14,21H,11-12,15H2,1H3,(H2,25,28)/t21-/m1/s1. The van der Waals surface area contributed by atoms with Gasteiger partial charge in [0.05, 0.1) is 6.04 Å². The molecule has 1 heterocycles. The zero-order valence-electron chi connectivity index (χ0n) is 16.3. The van der Waals surface area contributed by atoms with Gasteiger partial charge in [-0.1, -0.05) is 48.0 Å². The van der Waals surface area contributed by atoms with E-state index in [1.165, 1.54) is 16.7 Å². The Morgan fingerprint density at radius 3 is 2.66 bits per heavy atom. The van der Waals surface area contributed by atoms with E-state index < -0.39 is 5.91 Å². The van der Waals surface area contributed by atoms with Crippen LogP contribution >= 0.6 is 0 Å². The van der Waals surface area contributed by atoms with Crippen molar-refractivity contribution in [2.45, 2.75) is 32.4 Å². The second kappa shape index (κ2) is 7.87. The van der Waals surface area contributed by atoms with Gasteiger partial charge in [0.15, 0.2) is 0 Å². The molecule has 2 amide bonds. The molecule has 146 valence electrons. The van der Waals surface area contributed by atoms with Crippen molar-refractivity contribution < 1.29 is 9.59 Å². The molecular formula is C24H23N3O2. The van der Waals surface area contributed by atoms with Crippen LogP contribution in [0.4, 0.5) is 0 Å². The average molecular weight is 385 g/mol. The molecule has 3 aromatic rings. The van der Waals surface area contributed by atoms with Crippen molar-refractivity contribution in [1.29, 1.82) is 0 Å². The maximum absolute atomic E-state index is 13.5. The van der Waals surface area contributed by atoms with Gasteiger partial charge in [0, 0.05) is 23.9 Å². The summed E-state index contributed by atoms with van der Waals surface area (Å²) in [7, 11) is 0. The number of benzene rings is 2. The maximum atomic E-state index is 13.5. The Morgan fingerprint density at radius 1 is 1.10 bits per heavy atom. The highest BCUT2D eigenvalue weighted by molar-refractivity contribution is 5.95. The minimum atomic E-state index is -0.588. The van der Waals surface area contributed by atoms with Crippen molar-refractivity contribution in [2.24, 2.45) is 5.73 Å². The summed E-state index contributed by atoms with van der Waals surface area (Å²) in [6.07, 6.45) is 3.32. The van der Waals surface area contributed by atoms with E-state index in [1.807, 2.05) is 41.3 Å². The van der Waals surface area contributed by atoms with Gasteiger partial charge >= 0.3 is 0 Å². The van der Waals surface area contributed by atoms with Gasteiger partial charge in [-0.15, -0.1) is 0 Å². The first-order valence-electron chi connectivity index (χ1n) is 9.73. The van der Waals surface area contributed by atoms with Crippen LogP contribution in [0.5, 0.6) is 0 Å². The number of aryl methyl sites for hydroxylation is 2. The van der Waals surface area contributed by atoms with Crippen LogP contribution in [-0.2, 0) is 13.0 Å². The molecule has 0 saturated heterocycles. The summed E-state index contributed by atoms with van der Waals surface area (Å²) in [6.45, 7) is 2.34. The molecule has 1 aliphatic carbocycles. The van der Waals surface area contributed by atoms with Crippen LogP contribution in [0, 0.1) is 6.92 Å². The lowest BCUT2D eigenvalue weighted by Crippen LogP contribution is -2.34. The predicted molar refractivity (Wildman–Crippen MR) is 111 cm³/mol. The van der Waals surface area contributed by atoms with Crippen LogP contribution in [-0.4, -0.2) is 21.7 Å². The Kier molecular flexibility index (Phi) is 5.12. The third kappa shape index (κ3) is 3.76. The monoisotopic (exact) mass is 385 g/mol. The van der Waals surface area contributed by atoms with Crippen molar-refractivity contribution in [2.75, 3.05) is 0 Å². The summed E-state index contributed by atoms with van der Waals surface area (Å²) in [5.74, 6) is -0.653. The number of primary amides is 1. The Balaban J connectivity index is 1.77. The number of hydrogen-bond donors (Lipinski definition) is 1. The molecule has 0 unspecified atom stereocenters. The molecule has 0 spiro atoms. The summed E-state index contributed by atoms with van der Waals surface area (Å²) in [6, 6.07) is 19.2. The highest BCUT2D eigenvalue weighted by Gasteiger charge is 2.32. The smallest absolute Gasteiger partial charge is 0.267 e. The van der Waals surface area contributed by atoms with Crippen molar-refractivity contribution >= 4 is 11.8 Å². The van der Waals surface area contributed by atoms with E-state index in [1.54, 1.807) is 12.3 Å². The first kappa shape index (κ1) is 18.9. The molecule has 0 radical (unpaired) electrons. The Morgan fingerprint density at radius 2 is 1.90 bits per heavy atom. The zero-order chi connectivity index (χ0) is 20.4. The molecule has 5 heteroatoms. The Bertz CT molecular complexity index is 1060. The number of nitrogens with zero attached hydrogens (tertiary/aromatic N) is 2. The third-order valence-electron chi connectivity index (χ3n) is 5.47. The normalized spacial score (nSPS) is 15.0. The van der Waals surface area contributed by atoms with Crippen LogP contribution in [0.15, 0.2) is 66.9 Å². The van der Waals surface area contributed by atoms with Gasteiger partial charge in [0.1, 0.15) is 5.69 Å². The van der Waals surface area contributed by atoms with E-state index in [0.29, 0.717) is 11.1 Å². The van der Waals surface area contributed by atoms with Crippen molar-refractivity contribution in [3.05, 3.63) is 100 Å². The van der Waals surface area contributed by atoms with Crippen LogP contribution in [0.3, 0.4) is 0 Å². The van der Waals surface area contributed by atoms with Gasteiger partial charge in [-0.2, -0.15) is 0 Å². The number of fused-ring (bicyclic) bond motifs is 1. The lowest BCUT2D eigenvalue weighted by molar-refractivity contribution is 0.0656. The van der Waals surface area contributed by atoms with Crippen molar-refractivity contribution in [3.63, 3.8) is 0 Å². The van der Waals surface area contributed by atoms with E-state index in [2.05, 4.69) is 30.1 Å².